The van der Waals surface area contributed by atoms with E-state index in [4.69, 9.17) is 9.47 Å². The molecule has 1 aromatic carbocycles. The molecular formula is C13H21NO3. The molecule has 0 fully saturated rings. The highest BCUT2D eigenvalue weighted by molar-refractivity contribution is 5.45. The molecule has 1 aromatic rings. The maximum Gasteiger partial charge on any atom is 0.162 e. The van der Waals surface area contributed by atoms with Gasteiger partial charge in [0.1, 0.15) is 0 Å². The Morgan fingerprint density at radius 3 is 2.88 bits per heavy atom. The zero-order valence-electron chi connectivity index (χ0n) is 10.5. The Labute approximate surface area is 103 Å². The Morgan fingerprint density at radius 1 is 1.35 bits per heavy atom. The molecule has 0 amide bonds. The number of hydrogen-bond donors (Lipinski definition) is 2. The fraction of sp³-hybridized carbons (Fsp3) is 0.538. The lowest BCUT2D eigenvalue weighted by atomic mass is 10.2. The minimum absolute atomic E-state index is 0.215. The van der Waals surface area contributed by atoms with Crippen LogP contribution in [0.1, 0.15) is 18.9 Å². The predicted octanol–water partition coefficient (Wildman–Crippen LogP) is 1.92. The molecule has 4 nitrogen and oxygen atoms in total. The fourth-order valence-electron chi connectivity index (χ4n) is 1.54. The van der Waals surface area contributed by atoms with Crippen molar-refractivity contribution in [3.05, 3.63) is 23.8 Å². The van der Waals surface area contributed by atoms with E-state index in [1.807, 2.05) is 19.1 Å². The molecule has 0 aliphatic carbocycles. The standard InChI is InChI=1S/C13H21NO3/c1-3-17-9-5-8-14-10-11-6-4-7-12(16-2)13(11)15/h4,6-7,14-15H,3,5,8-10H2,1-2H3. The van der Waals surface area contributed by atoms with Gasteiger partial charge in [-0.2, -0.15) is 0 Å². The van der Waals surface area contributed by atoms with Gasteiger partial charge < -0.3 is 19.9 Å². The lowest BCUT2D eigenvalue weighted by Crippen LogP contribution is -2.16. The van der Waals surface area contributed by atoms with Crippen LogP contribution in [0, 0.1) is 0 Å². The van der Waals surface area contributed by atoms with Crippen LogP contribution in [0.2, 0.25) is 0 Å². The van der Waals surface area contributed by atoms with E-state index in [0.717, 1.165) is 31.7 Å². The molecule has 0 bridgehead atoms. The van der Waals surface area contributed by atoms with E-state index >= 15 is 0 Å². The Hall–Kier alpha value is -1.26. The smallest absolute Gasteiger partial charge is 0.162 e. The summed E-state index contributed by atoms with van der Waals surface area (Å²) in [5, 5.41) is 13.1. The molecular weight excluding hydrogens is 218 g/mol. The first-order chi connectivity index (χ1) is 8.29. The van der Waals surface area contributed by atoms with E-state index in [1.165, 1.54) is 0 Å². The van der Waals surface area contributed by atoms with Gasteiger partial charge in [-0.15, -0.1) is 0 Å². The summed E-state index contributed by atoms with van der Waals surface area (Å²) in [4.78, 5) is 0. The van der Waals surface area contributed by atoms with Crippen LogP contribution in [-0.4, -0.2) is 32.0 Å². The second-order valence-corrected chi connectivity index (χ2v) is 3.70. The van der Waals surface area contributed by atoms with Gasteiger partial charge in [-0.25, -0.2) is 0 Å². The summed E-state index contributed by atoms with van der Waals surface area (Å²) in [6.45, 7) is 5.03. The largest absolute Gasteiger partial charge is 0.504 e. The second-order valence-electron chi connectivity index (χ2n) is 3.70. The lowest BCUT2D eigenvalue weighted by Gasteiger charge is -2.09. The number of nitrogens with one attached hydrogen (secondary N) is 1. The SMILES string of the molecule is CCOCCCNCc1cccc(OC)c1O. The topological polar surface area (TPSA) is 50.7 Å². The van der Waals surface area contributed by atoms with Crippen molar-refractivity contribution in [3.63, 3.8) is 0 Å². The first-order valence-electron chi connectivity index (χ1n) is 5.93. The first kappa shape index (κ1) is 13.8. The Morgan fingerprint density at radius 2 is 2.18 bits per heavy atom. The van der Waals surface area contributed by atoms with Crippen molar-refractivity contribution >= 4 is 0 Å². The van der Waals surface area contributed by atoms with Gasteiger partial charge in [0.25, 0.3) is 0 Å². The summed E-state index contributed by atoms with van der Waals surface area (Å²) in [5.41, 5.74) is 0.848. The van der Waals surface area contributed by atoms with Crippen molar-refractivity contribution in [2.75, 3.05) is 26.9 Å². The highest BCUT2D eigenvalue weighted by Crippen LogP contribution is 2.28. The highest BCUT2D eigenvalue weighted by atomic mass is 16.5. The Kier molecular flexibility index (Phi) is 6.43. The van der Waals surface area contributed by atoms with E-state index in [-0.39, 0.29) is 5.75 Å². The summed E-state index contributed by atoms with van der Waals surface area (Å²) in [7, 11) is 1.55. The van der Waals surface area contributed by atoms with Gasteiger partial charge in [0.2, 0.25) is 0 Å². The number of benzene rings is 1. The third kappa shape index (κ3) is 4.63. The van der Waals surface area contributed by atoms with Crippen molar-refractivity contribution in [1.82, 2.24) is 5.32 Å². The molecule has 0 aromatic heterocycles. The molecule has 0 atom stereocenters. The van der Waals surface area contributed by atoms with E-state index in [2.05, 4.69) is 5.32 Å². The third-order valence-corrected chi connectivity index (χ3v) is 2.46. The van der Waals surface area contributed by atoms with E-state index < -0.39 is 0 Å². The highest BCUT2D eigenvalue weighted by Gasteiger charge is 2.05. The fourth-order valence-corrected chi connectivity index (χ4v) is 1.54. The summed E-state index contributed by atoms with van der Waals surface area (Å²) in [6.07, 6.45) is 0.971. The van der Waals surface area contributed by atoms with Crippen LogP contribution in [0.3, 0.4) is 0 Å². The van der Waals surface area contributed by atoms with E-state index in [1.54, 1.807) is 13.2 Å². The van der Waals surface area contributed by atoms with E-state index in [9.17, 15) is 5.11 Å². The second kappa shape index (κ2) is 7.92. The van der Waals surface area contributed by atoms with Crippen LogP contribution in [0.5, 0.6) is 11.5 Å². The average Bonchev–Trinajstić information content (AvgIpc) is 2.35. The maximum atomic E-state index is 9.84. The number of phenolic OH excluding ortho intramolecular Hbond substituents is 1. The van der Waals surface area contributed by atoms with Crippen molar-refractivity contribution in [1.29, 1.82) is 0 Å². The van der Waals surface area contributed by atoms with Crippen molar-refractivity contribution in [2.24, 2.45) is 0 Å². The van der Waals surface area contributed by atoms with Gasteiger partial charge in [0.05, 0.1) is 7.11 Å². The molecule has 2 N–H and O–H groups in total. The number of rotatable bonds is 8. The Bertz CT molecular complexity index is 328. The molecule has 0 spiro atoms. The zero-order chi connectivity index (χ0) is 12.5. The summed E-state index contributed by atoms with van der Waals surface area (Å²) in [5.74, 6) is 0.728. The van der Waals surface area contributed by atoms with Crippen molar-refractivity contribution < 1.29 is 14.6 Å². The van der Waals surface area contributed by atoms with Gasteiger partial charge in [-0.05, 0) is 26.0 Å². The lowest BCUT2D eigenvalue weighted by molar-refractivity contribution is 0.144. The summed E-state index contributed by atoms with van der Waals surface area (Å²) in [6, 6.07) is 5.50. The molecule has 0 aliphatic rings. The number of hydrogen-bond acceptors (Lipinski definition) is 4. The molecule has 0 aliphatic heterocycles. The molecule has 4 heteroatoms. The summed E-state index contributed by atoms with van der Waals surface area (Å²) < 4.78 is 10.3. The molecule has 0 saturated heterocycles. The van der Waals surface area contributed by atoms with Crippen LogP contribution in [-0.2, 0) is 11.3 Å². The normalized spacial score (nSPS) is 10.5. The van der Waals surface area contributed by atoms with Gasteiger partial charge >= 0.3 is 0 Å². The average molecular weight is 239 g/mol. The number of para-hydroxylation sites is 1. The van der Waals surface area contributed by atoms with Crippen LogP contribution >= 0.6 is 0 Å². The zero-order valence-corrected chi connectivity index (χ0v) is 10.5. The monoisotopic (exact) mass is 239 g/mol. The predicted molar refractivity (Wildman–Crippen MR) is 67.5 cm³/mol. The quantitative estimate of drug-likeness (QED) is 0.680. The molecule has 1 rings (SSSR count). The van der Waals surface area contributed by atoms with Gasteiger partial charge in [0.15, 0.2) is 11.5 Å². The third-order valence-electron chi connectivity index (χ3n) is 2.46. The first-order valence-corrected chi connectivity index (χ1v) is 5.93. The van der Waals surface area contributed by atoms with Gasteiger partial charge in [-0.1, -0.05) is 12.1 Å². The molecule has 17 heavy (non-hydrogen) atoms. The number of methoxy groups -OCH3 is 1. The van der Waals surface area contributed by atoms with Crippen LogP contribution < -0.4 is 10.1 Å². The van der Waals surface area contributed by atoms with Gasteiger partial charge in [0, 0.05) is 25.3 Å². The van der Waals surface area contributed by atoms with Crippen molar-refractivity contribution in [3.8, 4) is 11.5 Å². The number of ether oxygens (including phenoxy) is 2. The molecule has 0 unspecified atom stereocenters. The summed E-state index contributed by atoms with van der Waals surface area (Å²) >= 11 is 0. The number of phenols is 1. The Balaban J connectivity index is 2.31. The molecule has 96 valence electrons. The minimum atomic E-state index is 0.215. The van der Waals surface area contributed by atoms with Crippen molar-refractivity contribution in [2.45, 2.75) is 19.9 Å². The molecule has 0 heterocycles. The van der Waals surface area contributed by atoms with Gasteiger partial charge in [-0.3, -0.25) is 0 Å². The molecule has 0 radical (unpaired) electrons. The van der Waals surface area contributed by atoms with Crippen LogP contribution in [0.15, 0.2) is 18.2 Å². The van der Waals surface area contributed by atoms with E-state index in [0.29, 0.717) is 12.3 Å². The maximum absolute atomic E-state index is 9.84. The molecule has 0 saturated carbocycles. The van der Waals surface area contributed by atoms with Crippen LogP contribution in [0.4, 0.5) is 0 Å². The number of aromatic hydroxyl groups is 1. The minimum Gasteiger partial charge on any atom is -0.504 e. The van der Waals surface area contributed by atoms with Crippen LogP contribution in [0.25, 0.3) is 0 Å².